The minimum Gasteiger partial charge on any atom is -0.369 e. The van der Waals surface area contributed by atoms with Crippen molar-refractivity contribution in [2.75, 3.05) is 5.73 Å². The average Bonchev–Trinajstić information content (AvgIpc) is 2.40. The van der Waals surface area contributed by atoms with E-state index in [4.69, 9.17) is 17.3 Å². The van der Waals surface area contributed by atoms with Gasteiger partial charge in [0, 0.05) is 11.1 Å². The molecule has 2 aromatic rings. The first-order valence-electron chi connectivity index (χ1n) is 5.18. The van der Waals surface area contributed by atoms with Crippen molar-refractivity contribution in [1.82, 2.24) is 9.55 Å². The van der Waals surface area contributed by atoms with E-state index >= 15 is 0 Å². The Hall–Kier alpha value is -1.22. The van der Waals surface area contributed by atoms with Gasteiger partial charge in [0.1, 0.15) is 0 Å². The van der Waals surface area contributed by atoms with Crippen molar-refractivity contribution in [3.63, 3.8) is 0 Å². The zero-order valence-electron chi connectivity index (χ0n) is 8.28. The van der Waals surface area contributed by atoms with Gasteiger partial charge in [-0.05, 0) is 37.5 Å². The molecule has 0 bridgehead atoms. The number of halogens is 1. The van der Waals surface area contributed by atoms with E-state index in [9.17, 15) is 0 Å². The molecule has 1 aromatic carbocycles. The SMILES string of the molecule is Nc1nc2cc(Cl)ccc2n1C1CCC1. The normalized spacial score (nSPS) is 16.9. The molecule has 1 heterocycles. The molecule has 0 saturated heterocycles. The van der Waals surface area contributed by atoms with Crippen LogP contribution in [0.1, 0.15) is 25.3 Å². The number of hydrogen-bond donors (Lipinski definition) is 1. The third kappa shape index (κ3) is 1.30. The number of nitrogen functional groups attached to an aromatic ring is 1. The number of imidazole rings is 1. The first kappa shape index (κ1) is 9.04. The van der Waals surface area contributed by atoms with Crippen molar-refractivity contribution in [2.24, 2.45) is 0 Å². The summed E-state index contributed by atoms with van der Waals surface area (Å²) in [7, 11) is 0. The maximum Gasteiger partial charge on any atom is 0.201 e. The van der Waals surface area contributed by atoms with Crippen LogP contribution >= 0.6 is 11.6 Å². The van der Waals surface area contributed by atoms with Crippen LogP contribution in [0.2, 0.25) is 5.02 Å². The van der Waals surface area contributed by atoms with Crippen molar-refractivity contribution >= 4 is 28.6 Å². The van der Waals surface area contributed by atoms with Crippen LogP contribution in [-0.4, -0.2) is 9.55 Å². The lowest BCUT2D eigenvalue weighted by Gasteiger charge is -2.28. The summed E-state index contributed by atoms with van der Waals surface area (Å²) in [5.74, 6) is 0.608. The second-order valence-corrected chi connectivity index (χ2v) is 4.49. The summed E-state index contributed by atoms with van der Waals surface area (Å²) in [6.45, 7) is 0. The summed E-state index contributed by atoms with van der Waals surface area (Å²) in [6, 6.07) is 6.29. The molecule has 15 heavy (non-hydrogen) atoms. The summed E-state index contributed by atoms with van der Waals surface area (Å²) >= 11 is 5.92. The number of benzene rings is 1. The van der Waals surface area contributed by atoms with E-state index in [2.05, 4.69) is 9.55 Å². The topological polar surface area (TPSA) is 43.8 Å². The smallest absolute Gasteiger partial charge is 0.201 e. The summed E-state index contributed by atoms with van der Waals surface area (Å²) in [4.78, 5) is 4.33. The second kappa shape index (κ2) is 3.14. The Morgan fingerprint density at radius 2 is 2.20 bits per heavy atom. The van der Waals surface area contributed by atoms with E-state index in [0.29, 0.717) is 17.0 Å². The van der Waals surface area contributed by atoms with Gasteiger partial charge >= 0.3 is 0 Å². The minimum atomic E-state index is 0.538. The van der Waals surface area contributed by atoms with Crippen LogP contribution in [0.4, 0.5) is 5.95 Å². The van der Waals surface area contributed by atoms with Gasteiger partial charge in [-0.1, -0.05) is 11.6 Å². The third-order valence-corrected chi connectivity index (χ3v) is 3.35. The van der Waals surface area contributed by atoms with Gasteiger partial charge in [0.25, 0.3) is 0 Å². The van der Waals surface area contributed by atoms with Gasteiger partial charge in [0.05, 0.1) is 11.0 Å². The molecule has 4 heteroatoms. The summed E-state index contributed by atoms with van der Waals surface area (Å²) in [5, 5.41) is 0.709. The molecule has 2 N–H and O–H groups in total. The predicted octanol–water partition coefficient (Wildman–Crippen LogP) is 3.00. The molecule has 3 nitrogen and oxygen atoms in total. The molecule has 0 unspecified atom stereocenters. The van der Waals surface area contributed by atoms with E-state index < -0.39 is 0 Å². The molecule has 0 atom stereocenters. The van der Waals surface area contributed by atoms with Gasteiger partial charge in [-0.3, -0.25) is 0 Å². The molecule has 78 valence electrons. The molecule has 1 aromatic heterocycles. The third-order valence-electron chi connectivity index (χ3n) is 3.12. The van der Waals surface area contributed by atoms with Crippen molar-refractivity contribution in [2.45, 2.75) is 25.3 Å². The fourth-order valence-electron chi connectivity index (χ4n) is 2.12. The number of nitrogens with two attached hydrogens (primary N) is 1. The fourth-order valence-corrected chi connectivity index (χ4v) is 2.29. The summed E-state index contributed by atoms with van der Waals surface area (Å²) in [6.07, 6.45) is 3.70. The number of anilines is 1. The molecule has 0 spiro atoms. The Morgan fingerprint density at radius 3 is 2.87 bits per heavy atom. The molecule has 1 fully saturated rings. The van der Waals surface area contributed by atoms with Crippen LogP contribution in [-0.2, 0) is 0 Å². The Bertz CT molecular complexity index is 514. The average molecular weight is 222 g/mol. The lowest BCUT2D eigenvalue weighted by Crippen LogP contribution is -2.18. The molecule has 1 aliphatic carbocycles. The van der Waals surface area contributed by atoms with Crippen molar-refractivity contribution in [1.29, 1.82) is 0 Å². The van der Waals surface area contributed by atoms with Crippen LogP contribution in [0.25, 0.3) is 11.0 Å². The van der Waals surface area contributed by atoms with Crippen molar-refractivity contribution in [3.8, 4) is 0 Å². The molecule has 3 rings (SSSR count). The zero-order chi connectivity index (χ0) is 10.4. The largest absolute Gasteiger partial charge is 0.369 e. The van der Waals surface area contributed by atoms with Gasteiger partial charge in [-0.25, -0.2) is 4.98 Å². The Kier molecular flexibility index (Phi) is 1.89. The lowest BCUT2D eigenvalue weighted by atomic mass is 9.93. The summed E-state index contributed by atoms with van der Waals surface area (Å²) < 4.78 is 2.13. The number of fused-ring (bicyclic) bond motifs is 1. The zero-order valence-corrected chi connectivity index (χ0v) is 9.04. The van der Waals surface area contributed by atoms with Gasteiger partial charge in [-0.2, -0.15) is 0 Å². The Morgan fingerprint density at radius 1 is 1.40 bits per heavy atom. The monoisotopic (exact) mass is 221 g/mol. The predicted molar refractivity (Wildman–Crippen MR) is 62.0 cm³/mol. The first-order chi connectivity index (χ1) is 7.25. The minimum absolute atomic E-state index is 0.538. The number of aromatic nitrogens is 2. The lowest BCUT2D eigenvalue weighted by molar-refractivity contribution is 0.324. The van der Waals surface area contributed by atoms with Gasteiger partial charge < -0.3 is 10.3 Å². The molecule has 1 saturated carbocycles. The maximum atomic E-state index is 5.92. The quantitative estimate of drug-likeness (QED) is 0.805. The number of hydrogen-bond acceptors (Lipinski definition) is 2. The second-order valence-electron chi connectivity index (χ2n) is 4.06. The van der Waals surface area contributed by atoms with Crippen LogP contribution in [0.15, 0.2) is 18.2 Å². The van der Waals surface area contributed by atoms with Crippen molar-refractivity contribution < 1.29 is 0 Å². The number of nitrogens with zero attached hydrogens (tertiary/aromatic N) is 2. The highest BCUT2D eigenvalue weighted by atomic mass is 35.5. The Labute approximate surface area is 92.8 Å². The van der Waals surface area contributed by atoms with Crippen LogP contribution in [0, 0.1) is 0 Å². The maximum absolute atomic E-state index is 5.92. The number of rotatable bonds is 1. The van der Waals surface area contributed by atoms with Crippen molar-refractivity contribution in [3.05, 3.63) is 23.2 Å². The van der Waals surface area contributed by atoms with Gasteiger partial charge in [-0.15, -0.1) is 0 Å². The van der Waals surface area contributed by atoms with Gasteiger partial charge in [0.2, 0.25) is 5.95 Å². The summed E-state index contributed by atoms with van der Waals surface area (Å²) in [5.41, 5.74) is 7.92. The Balaban J connectivity index is 2.23. The van der Waals surface area contributed by atoms with Gasteiger partial charge in [0.15, 0.2) is 0 Å². The fraction of sp³-hybridized carbons (Fsp3) is 0.364. The molecular weight excluding hydrogens is 210 g/mol. The van der Waals surface area contributed by atoms with E-state index in [1.807, 2.05) is 18.2 Å². The standard InChI is InChI=1S/C11H12ClN3/c12-7-4-5-10-9(6-7)14-11(13)15(10)8-2-1-3-8/h4-6,8H,1-3H2,(H2,13,14). The highest BCUT2D eigenvalue weighted by Gasteiger charge is 2.23. The van der Waals surface area contributed by atoms with Crippen LogP contribution < -0.4 is 5.73 Å². The van der Waals surface area contributed by atoms with Crippen LogP contribution in [0.5, 0.6) is 0 Å². The van der Waals surface area contributed by atoms with E-state index in [1.165, 1.54) is 19.3 Å². The molecule has 1 aliphatic rings. The first-order valence-corrected chi connectivity index (χ1v) is 5.56. The highest BCUT2D eigenvalue weighted by Crippen LogP contribution is 2.36. The van der Waals surface area contributed by atoms with Crippen LogP contribution in [0.3, 0.4) is 0 Å². The molecule has 0 aliphatic heterocycles. The van der Waals surface area contributed by atoms with E-state index in [0.717, 1.165) is 11.0 Å². The highest BCUT2D eigenvalue weighted by molar-refractivity contribution is 6.31. The molecule has 0 amide bonds. The molecule has 0 radical (unpaired) electrons. The molecular formula is C11H12ClN3. The van der Waals surface area contributed by atoms with E-state index in [-0.39, 0.29) is 0 Å². The van der Waals surface area contributed by atoms with E-state index in [1.54, 1.807) is 0 Å².